The first-order valence-corrected chi connectivity index (χ1v) is 10.9. The molecule has 3 atom stereocenters. The van der Waals surface area contributed by atoms with Gasteiger partial charge in [0.2, 0.25) is 0 Å². The summed E-state index contributed by atoms with van der Waals surface area (Å²) in [6.45, 7) is 3.67. The number of rotatable bonds is 4. The van der Waals surface area contributed by atoms with Crippen molar-refractivity contribution < 1.29 is 18.0 Å². The number of nitrogens with one attached hydrogen (secondary N) is 1. The molecule has 2 heterocycles. The van der Waals surface area contributed by atoms with E-state index in [1.165, 1.54) is 13.0 Å². The van der Waals surface area contributed by atoms with E-state index in [9.17, 15) is 18.0 Å². The van der Waals surface area contributed by atoms with Crippen molar-refractivity contribution in [3.63, 3.8) is 0 Å². The van der Waals surface area contributed by atoms with Gasteiger partial charge in [-0.3, -0.25) is 9.78 Å². The van der Waals surface area contributed by atoms with Crippen LogP contribution in [0.25, 0.3) is 11.3 Å². The summed E-state index contributed by atoms with van der Waals surface area (Å²) in [5.41, 5.74) is 6.64. The molecule has 3 aromatic rings. The van der Waals surface area contributed by atoms with Gasteiger partial charge in [0.15, 0.2) is 0 Å². The number of hydrogen-bond acceptors (Lipinski definition) is 4. The van der Waals surface area contributed by atoms with Crippen LogP contribution in [0.5, 0.6) is 0 Å². The Balaban J connectivity index is 1.64. The fourth-order valence-electron chi connectivity index (χ4n) is 4.63. The fourth-order valence-corrected chi connectivity index (χ4v) is 4.63. The van der Waals surface area contributed by atoms with Gasteiger partial charge in [-0.05, 0) is 79.5 Å². The average Bonchev–Trinajstić information content (AvgIpc) is 2.74. The first-order chi connectivity index (χ1) is 15.7. The maximum Gasteiger partial charge on any atom is 0.274 e. The molecule has 1 fully saturated rings. The van der Waals surface area contributed by atoms with Gasteiger partial charge in [0, 0.05) is 12.2 Å². The number of carbonyl (C=O) groups excluding carboxylic acids is 1. The summed E-state index contributed by atoms with van der Waals surface area (Å²) in [6, 6.07) is 6.25. The first-order valence-electron chi connectivity index (χ1n) is 10.9. The highest BCUT2D eigenvalue weighted by Crippen LogP contribution is 2.38. The van der Waals surface area contributed by atoms with E-state index in [0.29, 0.717) is 17.2 Å². The van der Waals surface area contributed by atoms with Gasteiger partial charge in [-0.25, -0.2) is 18.2 Å². The van der Waals surface area contributed by atoms with Gasteiger partial charge in [0.05, 0.1) is 17.4 Å². The highest BCUT2D eigenvalue weighted by Gasteiger charge is 2.28. The molecule has 0 bridgehead atoms. The minimum absolute atomic E-state index is 0.0797. The van der Waals surface area contributed by atoms with E-state index in [1.807, 2.05) is 6.07 Å². The van der Waals surface area contributed by atoms with Crippen LogP contribution in [0, 0.1) is 30.3 Å². The number of nitrogens with zero attached hydrogens (tertiary/aromatic N) is 2. The molecule has 8 heteroatoms. The standard InChI is InChI=1S/C25H25F3N4O/c1-13-7-15(11-16(29)8-13)17-5-6-30-12-22(17)32-25(33)21-4-3-18(26)24(31-21)23-19(27)9-14(2)10-20(23)28/h3-6,9-10,12-13,15-16H,7-8,11,29H2,1-2H3,(H,32,33)/t13-,15+,16-/m0/s1. The van der Waals surface area contributed by atoms with E-state index in [2.05, 4.69) is 22.2 Å². The molecular weight excluding hydrogens is 429 g/mol. The molecule has 1 aliphatic carbocycles. The molecule has 0 aliphatic heterocycles. The Bertz CT molecular complexity index is 1170. The van der Waals surface area contributed by atoms with E-state index >= 15 is 0 Å². The fraction of sp³-hybridized carbons (Fsp3) is 0.320. The lowest BCUT2D eigenvalue weighted by Gasteiger charge is -2.32. The zero-order chi connectivity index (χ0) is 23.7. The highest BCUT2D eigenvalue weighted by atomic mass is 19.1. The Hall–Kier alpha value is -3.26. The lowest BCUT2D eigenvalue weighted by atomic mass is 9.76. The molecule has 1 amide bonds. The molecule has 1 aliphatic rings. The summed E-state index contributed by atoms with van der Waals surface area (Å²) in [6.07, 6.45) is 5.89. The van der Waals surface area contributed by atoms with Crippen molar-refractivity contribution in [1.29, 1.82) is 0 Å². The van der Waals surface area contributed by atoms with Gasteiger partial charge in [-0.2, -0.15) is 0 Å². The van der Waals surface area contributed by atoms with Crippen molar-refractivity contribution in [2.45, 2.75) is 45.1 Å². The summed E-state index contributed by atoms with van der Waals surface area (Å²) in [7, 11) is 0. The van der Waals surface area contributed by atoms with Crippen molar-refractivity contribution in [2.24, 2.45) is 11.7 Å². The first kappa shape index (κ1) is 22.9. The van der Waals surface area contributed by atoms with Gasteiger partial charge in [0.1, 0.15) is 28.8 Å². The van der Waals surface area contributed by atoms with Crippen molar-refractivity contribution in [3.8, 4) is 11.3 Å². The minimum atomic E-state index is -0.950. The van der Waals surface area contributed by atoms with Gasteiger partial charge in [-0.1, -0.05) is 6.92 Å². The minimum Gasteiger partial charge on any atom is -0.328 e. The maximum atomic E-state index is 14.4. The number of anilines is 1. The third kappa shape index (κ3) is 4.90. The van der Waals surface area contributed by atoms with Crippen LogP contribution in [-0.2, 0) is 0 Å². The number of hydrogen-bond donors (Lipinski definition) is 2. The number of nitrogens with two attached hydrogens (primary N) is 1. The van der Waals surface area contributed by atoms with Gasteiger partial charge in [0.25, 0.3) is 5.91 Å². The number of carbonyl (C=O) groups is 1. The van der Waals surface area contributed by atoms with Crippen LogP contribution in [0.4, 0.5) is 18.9 Å². The van der Waals surface area contributed by atoms with Crippen LogP contribution in [0.1, 0.15) is 53.7 Å². The van der Waals surface area contributed by atoms with E-state index in [-0.39, 0.29) is 17.7 Å². The van der Waals surface area contributed by atoms with Crippen LogP contribution in [0.15, 0.2) is 42.7 Å². The predicted molar refractivity (Wildman–Crippen MR) is 120 cm³/mol. The molecule has 0 spiro atoms. The zero-order valence-corrected chi connectivity index (χ0v) is 18.4. The molecule has 1 saturated carbocycles. The average molecular weight is 454 g/mol. The maximum absolute atomic E-state index is 14.4. The van der Waals surface area contributed by atoms with Crippen LogP contribution in [0.3, 0.4) is 0 Å². The molecule has 1 aromatic carbocycles. The third-order valence-electron chi connectivity index (χ3n) is 6.02. The van der Waals surface area contributed by atoms with Gasteiger partial charge < -0.3 is 11.1 Å². The summed E-state index contributed by atoms with van der Waals surface area (Å²) >= 11 is 0. The Morgan fingerprint density at radius 2 is 1.79 bits per heavy atom. The molecule has 2 aromatic heterocycles. The predicted octanol–water partition coefficient (Wildman–Crippen LogP) is 5.35. The summed E-state index contributed by atoms with van der Waals surface area (Å²) < 4.78 is 43.3. The number of aryl methyl sites for hydroxylation is 1. The lowest BCUT2D eigenvalue weighted by Crippen LogP contribution is -2.31. The number of halogens is 3. The van der Waals surface area contributed by atoms with Crippen molar-refractivity contribution in [2.75, 3.05) is 5.32 Å². The van der Waals surface area contributed by atoms with E-state index in [1.54, 1.807) is 12.4 Å². The topological polar surface area (TPSA) is 80.9 Å². The molecule has 0 saturated heterocycles. The summed E-state index contributed by atoms with van der Waals surface area (Å²) in [5, 5.41) is 2.78. The van der Waals surface area contributed by atoms with Crippen molar-refractivity contribution in [3.05, 3.63) is 77.0 Å². The molecule has 0 radical (unpaired) electrons. The Morgan fingerprint density at radius 1 is 1.06 bits per heavy atom. The van der Waals surface area contributed by atoms with Crippen LogP contribution in [0.2, 0.25) is 0 Å². The zero-order valence-electron chi connectivity index (χ0n) is 18.4. The van der Waals surface area contributed by atoms with Gasteiger partial charge >= 0.3 is 0 Å². The van der Waals surface area contributed by atoms with Gasteiger partial charge in [-0.15, -0.1) is 0 Å². The third-order valence-corrected chi connectivity index (χ3v) is 6.02. The molecule has 0 unspecified atom stereocenters. The Labute approximate surface area is 190 Å². The van der Waals surface area contributed by atoms with Crippen LogP contribution < -0.4 is 11.1 Å². The number of aromatic nitrogens is 2. The largest absolute Gasteiger partial charge is 0.328 e. The Morgan fingerprint density at radius 3 is 2.48 bits per heavy atom. The highest BCUT2D eigenvalue weighted by molar-refractivity contribution is 6.03. The smallest absolute Gasteiger partial charge is 0.274 e. The molecule has 172 valence electrons. The van der Waals surface area contributed by atoms with Crippen LogP contribution in [-0.4, -0.2) is 21.9 Å². The number of amides is 1. The molecule has 33 heavy (non-hydrogen) atoms. The lowest BCUT2D eigenvalue weighted by molar-refractivity contribution is 0.102. The van der Waals surface area contributed by atoms with Crippen molar-refractivity contribution >= 4 is 11.6 Å². The van der Waals surface area contributed by atoms with E-state index < -0.39 is 34.6 Å². The second-order valence-corrected chi connectivity index (χ2v) is 8.82. The molecule has 5 nitrogen and oxygen atoms in total. The quantitative estimate of drug-likeness (QED) is 0.557. The molecule has 4 rings (SSSR count). The van der Waals surface area contributed by atoms with Crippen molar-refractivity contribution in [1.82, 2.24) is 9.97 Å². The second kappa shape index (κ2) is 9.31. The second-order valence-electron chi connectivity index (χ2n) is 8.82. The van der Waals surface area contributed by atoms with E-state index in [4.69, 9.17) is 5.73 Å². The molecular formula is C25H25F3N4O. The monoisotopic (exact) mass is 454 g/mol. The Kier molecular flexibility index (Phi) is 6.47. The number of pyridine rings is 2. The summed E-state index contributed by atoms with van der Waals surface area (Å²) in [4.78, 5) is 21.0. The normalized spacial score (nSPS) is 20.5. The SMILES string of the molecule is Cc1cc(F)c(-c2nc(C(=O)Nc3cnccc3[C@@H]3C[C@H](C)C[C@H](N)C3)ccc2F)c(F)c1. The summed E-state index contributed by atoms with van der Waals surface area (Å²) in [5.74, 6) is -2.85. The van der Waals surface area contributed by atoms with Crippen LogP contribution >= 0.6 is 0 Å². The number of benzene rings is 1. The molecule has 3 N–H and O–H groups in total. The van der Waals surface area contributed by atoms with E-state index in [0.717, 1.165) is 43.0 Å².